The predicted octanol–water partition coefficient (Wildman–Crippen LogP) is 4.81. The van der Waals surface area contributed by atoms with Gasteiger partial charge in [0, 0.05) is 11.3 Å². The molecule has 0 fully saturated rings. The summed E-state index contributed by atoms with van der Waals surface area (Å²) in [7, 11) is 1.56. The van der Waals surface area contributed by atoms with Crippen LogP contribution in [0.3, 0.4) is 0 Å². The Balaban J connectivity index is 1.94. The smallest absolute Gasteiger partial charge is 0.272 e. The third kappa shape index (κ3) is 5.98. The molecule has 0 unspecified atom stereocenters. The van der Waals surface area contributed by atoms with Gasteiger partial charge in [-0.1, -0.05) is 36.4 Å². The zero-order valence-corrected chi connectivity index (χ0v) is 18.3. The van der Waals surface area contributed by atoms with E-state index in [1.807, 2.05) is 38.1 Å². The van der Waals surface area contributed by atoms with Crippen LogP contribution in [0.4, 0.5) is 5.69 Å². The van der Waals surface area contributed by atoms with Crippen molar-refractivity contribution in [3.8, 4) is 11.5 Å². The molecule has 0 aliphatic carbocycles. The van der Waals surface area contributed by atoms with Crippen molar-refractivity contribution in [2.45, 2.75) is 13.8 Å². The van der Waals surface area contributed by atoms with Gasteiger partial charge < -0.3 is 20.1 Å². The van der Waals surface area contributed by atoms with E-state index in [9.17, 15) is 9.59 Å². The molecule has 2 N–H and O–H groups in total. The fourth-order valence-electron chi connectivity index (χ4n) is 3.08. The Labute approximate surface area is 187 Å². The number of carbonyl (C=O) groups is 2. The second-order valence-corrected chi connectivity index (χ2v) is 7.05. The van der Waals surface area contributed by atoms with Gasteiger partial charge in [0.25, 0.3) is 11.8 Å². The van der Waals surface area contributed by atoms with Crippen LogP contribution < -0.4 is 20.1 Å². The summed E-state index contributed by atoms with van der Waals surface area (Å²) >= 11 is 0. The summed E-state index contributed by atoms with van der Waals surface area (Å²) in [5, 5.41) is 5.58. The first kappa shape index (κ1) is 22.6. The van der Waals surface area contributed by atoms with Crippen LogP contribution in [0.2, 0.25) is 0 Å². The van der Waals surface area contributed by atoms with E-state index < -0.39 is 5.91 Å². The zero-order chi connectivity index (χ0) is 22.9. The van der Waals surface area contributed by atoms with Gasteiger partial charge >= 0.3 is 0 Å². The monoisotopic (exact) mass is 430 g/mol. The summed E-state index contributed by atoms with van der Waals surface area (Å²) in [6.45, 7) is 4.29. The summed E-state index contributed by atoms with van der Waals surface area (Å²) in [4.78, 5) is 25.8. The standard InChI is InChI=1S/C26H26N2O4/c1-4-32-24-17-19(13-14-23(24)31-3)16-22(28-25(29)20-10-6-5-7-11-20)26(30)27-21-12-8-9-18(2)15-21/h5-17H,4H2,1-3H3,(H,27,30)(H,28,29)/b22-16-. The largest absolute Gasteiger partial charge is 0.493 e. The highest BCUT2D eigenvalue weighted by Crippen LogP contribution is 2.29. The van der Waals surface area contributed by atoms with E-state index in [-0.39, 0.29) is 11.6 Å². The molecule has 0 saturated carbocycles. The predicted molar refractivity (Wildman–Crippen MR) is 126 cm³/mol. The first-order valence-electron chi connectivity index (χ1n) is 10.3. The van der Waals surface area contributed by atoms with Crippen LogP contribution in [0.15, 0.2) is 78.5 Å². The van der Waals surface area contributed by atoms with Crippen molar-refractivity contribution in [1.29, 1.82) is 0 Å². The highest BCUT2D eigenvalue weighted by atomic mass is 16.5. The average molecular weight is 431 g/mol. The molecule has 164 valence electrons. The lowest BCUT2D eigenvalue weighted by atomic mass is 10.1. The quantitative estimate of drug-likeness (QED) is 0.503. The molecule has 6 nitrogen and oxygen atoms in total. The number of ether oxygens (including phenoxy) is 2. The molecule has 0 spiro atoms. The van der Waals surface area contributed by atoms with Crippen LogP contribution in [0.25, 0.3) is 6.08 Å². The molecule has 3 rings (SSSR count). The molecular weight excluding hydrogens is 404 g/mol. The Morgan fingerprint density at radius 3 is 2.41 bits per heavy atom. The summed E-state index contributed by atoms with van der Waals surface area (Å²) in [5.41, 5.74) is 2.88. The first-order chi connectivity index (χ1) is 15.5. The molecule has 2 amide bonds. The topological polar surface area (TPSA) is 76.7 Å². The minimum Gasteiger partial charge on any atom is -0.493 e. The van der Waals surface area contributed by atoms with Gasteiger partial charge in [-0.05, 0) is 67.4 Å². The molecule has 0 atom stereocenters. The zero-order valence-electron chi connectivity index (χ0n) is 18.3. The van der Waals surface area contributed by atoms with E-state index in [0.717, 1.165) is 5.56 Å². The Morgan fingerprint density at radius 2 is 1.72 bits per heavy atom. The van der Waals surface area contributed by atoms with Crippen molar-refractivity contribution < 1.29 is 19.1 Å². The van der Waals surface area contributed by atoms with Crippen molar-refractivity contribution >= 4 is 23.6 Å². The molecule has 0 aliphatic heterocycles. The van der Waals surface area contributed by atoms with Gasteiger partial charge in [0.1, 0.15) is 5.70 Å². The highest BCUT2D eigenvalue weighted by molar-refractivity contribution is 6.10. The number of anilines is 1. The molecule has 6 heteroatoms. The van der Waals surface area contributed by atoms with Crippen LogP contribution in [0.5, 0.6) is 11.5 Å². The SMILES string of the molecule is CCOc1cc(/C=C(\NC(=O)c2ccccc2)C(=O)Nc2cccc(C)c2)ccc1OC. The molecule has 0 aliphatic rings. The van der Waals surface area contributed by atoms with Crippen LogP contribution in [0, 0.1) is 6.92 Å². The Hall–Kier alpha value is -4.06. The van der Waals surface area contributed by atoms with Crippen LogP contribution in [-0.4, -0.2) is 25.5 Å². The van der Waals surface area contributed by atoms with Crippen molar-refractivity contribution in [2.75, 3.05) is 19.0 Å². The molecular formula is C26H26N2O4. The van der Waals surface area contributed by atoms with E-state index in [0.29, 0.717) is 34.9 Å². The molecule has 0 saturated heterocycles. The minimum absolute atomic E-state index is 0.105. The number of benzene rings is 3. The van der Waals surface area contributed by atoms with E-state index in [1.54, 1.807) is 61.7 Å². The number of nitrogens with one attached hydrogen (secondary N) is 2. The van der Waals surface area contributed by atoms with Crippen molar-refractivity contribution in [3.05, 3.63) is 95.2 Å². The van der Waals surface area contributed by atoms with Gasteiger partial charge in [-0.15, -0.1) is 0 Å². The molecule has 0 bridgehead atoms. The van der Waals surface area contributed by atoms with E-state index in [4.69, 9.17) is 9.47 Å². The molecule has 3 aromatic rings. The summed E-state index contributed by atoms with van der Waals surface area (Å²) < 4.78 is 11.0. The number of amides is 2. The molecule has 0 heterocycles. The maximum atomic E-state index is 13.1. The molecule has 32 heavy (non-hydrogen) atoms. The van der Waals surface area contributed by atoms with Gasteiger partial charge in [0.05, 0.1) is 13.7 Å². The Kier molecular flexibility index (Phi) is 7.65. The van der Waals surface area contributed by atoms with Gasteiger partial charge in [0.15, 0.2) is 11.5 Å². The summed E-state index contributed by atoms with van der Waals surface area (Å²) in [5.74, 6) is 0.322. The lowest BCUT2D eigenvalue weighted by Gasteiger charge is -2.13. The maximum absolute atomic E-state index is 13.1. The molecule has 3 aromatic carbocycles. The lowest BCUT2D eigenvalue weighted by Crippen LogP contribution is -2.30. The van der Waals surface area contributed by atoms with Crippen LogP contribution >= 0.6 is 0 Å². The van der Waals surface area contributed by atoms with Crippen molar-refractivity contribution in [2.24, 2.45) is 0 Å². The normalized spacial score (nSPS) is 10.9. The van der Waals surface area contributed by atoms with E-state index >= 15 is 0 Å². The van der Waals surface area contributed by atoms with Crippen molar-refractivity contribution in [1.82, 2.24) is 5.32 Å². The second kappa shape index (κ2) is 10.8. The number of hydrogen-bond donors (Lipinski definition) is 2. The number of rotatable bonds is 8. The second-order valence-electron chi connectivity index (χ2n) is 7.05. The van der Waals surface area contributed by atoms with E-state index in [1.165, 1.54) is 0 Å². The fraction of sp³-hybridized carbons (Fsp3) is 0.154. The van der Waals surface area contributed by atoms with Gasteiger partial charge in [-0.25, -0.2) is 0 Å². The lowest BCUT2D eigenvalue weighted by molar-refractivity contribution is -0.113. The third-order valence-electron chi connectivity index (χ3n) is 4.60. The third-order valence-corrected chi connectivity index (χ3v) is 4.60. The van der Waals surface area contributed by atoms with Crippen LogP contribution in [-0.2, 0) is 4.79 Å². The fourth-order valence-corrected chi connectivity index (χ4v) is 3.08. The number of aryl methyl sites for hydroxylation is 1. The Morgan fingerprint density at radius 1 is 0.938 bits per heavy atom. The summed E-state index contributed by atoms with van der Waals surface area (Å²) in [6.07, 6.45) is 1.61. The Bertz CT molecular complexity index is 1120. The summed E-state index contributed by atoms with van der Waals surface area (Å²) in [6, 6.07) is 21.5. The molecule has 0 aromatic heterocycles. The molecule has 0 radical (unpaired) electrons. The van der Waals surface area contributed by atoms with Crippen LogP contribution in [0.1, 0.15) is 28.4 Å². The van der Waals surface area contributed by atoms with Gasteiger partial charge in [-0.2, -0.15) is 0 Å². The highest BCUT2D eigenvalue weighted by Gasteiger charge is 2.16. The number of carbonyl (C=O) groups excluding carboxylic acids is 2. The van der Waals surface area contributed by atoms with Gasteiger partial charge in [-0.3, -0.25) is 9.59 Å². The first-order valence-corrected chi connectivity index (χ1v) is 10.3. The van der Waals surface area contributed by atoms with Gasteiger partial charge in [0.2, 0.25) is 0 Å². The maximum Gasteiger partial charge on any atom is 0.272 e. The number of hydrogen-bond acceptors (Lipinski definition) is 4. The minimum atomic E-state index is -0.436. The van der Waals surface area contributed by atoms with Crippen molar-refractivity contribution in [3.63, 3.8) is 0 Å². The number of methoxy groups -OCH3 is 1. The average Bonchev–Trinajstić information content (AvgIpc) is 2.79. The van der Waals surface area contributed by atoms with E-state index in [2.05, 4.69) is 10.6 Å².